The van der Waals surface area contributed by atoms with Crippen molar-refractivity contribution in [1.82, 2.24) is 19.9 Å². The molecule has 2 aliphatic carbocycles. The Balaban J connectivity index is 1.48. The van der Waals surface area contributed by atoms with Gasteiger partial charge >= 0.3 is 5.97 Å². The molecule has 7 nitrogen and oxygen atoms in total. The molecule has 0 aliphatic heterocycles. The Kier molecular flexibility index (Phi) is 5.06. The van der Waals surface area contributed by atoms with Gasteiger partial charge in [0.1, 0.15) is 11.4 Å². The van der Waals surface area contributed by atoms with Crippen LogP contribution in [0.5, 0.6) is 0 Å². The summed E-state index contributed by atoms with van der Waals surface area (Å²) in [6, 6.07) is 9.21. The molecular weight excluding hydrogens is 418 g/mol. The van der Waals surface area contributed by atoms with Crippen LogP contribution >= 0.6 is 0 Å². The van der Waals surface area contributed by atoms with Crippen molar-refractivity contribution in [3.8, 4) is 11.5 Å². The average molecular weight is 442 g/mol. The highest BCUT2D eigenvalue weighted by Gasteiger charge is 2.51. The van der Waals surface area contributed by atoms with Crippen molar-refractivity contribution in [3.63, 3.8) is 0 Å². The fourth-order valence-electron chi connectivity index (χ4n) is 4.89. The predicted molar refractivity (Wildman–Crippen MR) is 110 cm³/mol. The lowest BCUT2D eigenvalue weighted by Gasteiger charge is -2.27. The molecule has 9 heteroatoms. The zero-order valence-corrected chi connectivity index (χ0v) is 17.7. The van der Waals surface area contributed by atoms with Crippen LogP contribution in [-0.2, 0) is 10.2 Å². The molecule has 1 N–H and O–H groups in total. The molecule has 2 heterocycles. The Labute approximate surface area is 183 Å². The Hall–Kier alpha value is -3.10. The average Bonchev–Trinajstić information content (AvgIpc) is 3.22. The van der Waals surface area contributed by atoms with Crippen LogP contribution in [0.25, 0.3) is 11.5 Å². The van der Waals surface area contributed by atoms with Gasteiger partial charge in [-0.05, 0) is 62.6 Å². The van der Waals surface area contributed by atoms with E-state index in [0.29, 0.717) is 37.3 Å². The number of rotatable bonds is 6. The SMILES string of the molecule is Cc1ccccc1C1(c2nc(-c3cc(C(F)F)nn3C3CCC(C(=O)O)CC3)no2)CC1. The largest absolute Gasteiger partial charge is 0.481 e. The van der Waals surface area contributed by atoms with E-state index in [4.69, 9.17) is 4.52 Å². The van der Waals surface area contributed by atoms with Gasteiger partial charge in [-0.2, -0.15) is 10.1 Å². The number of aryl methyl sites for hydroxylation is 1. The molecule has 2 saturated carbocycles. The van der Waals surface area contributed by atoms with Gasteiger partial charge in [0.25, 0.3) is 6.43 Å². The van der Waals surface area contributed by atoms with Gasteiger partial charge in [0.05, 0.1) is 17.4 Å². The van der Waals surface area contributed by atoms with E-state index in [1.54, 1.807) is 4.68 Å². The topological polar surface area (TPSA) is 94.0 Å². The normalized spacial score (nSPS) is 22.2. The number of hydrogen-bond donors (Lipinski definition) is 1. The molecule has 2 aromatic heterocycles. The summed E-state index contributed by atoms with van der Waals surface area (Å²) < 4.78 is 34.1. The van der Waals surface area contributed by atoms with Gasteiger partial charge < -0.3 is 9.63 Å². The van der Waals surface area contributed by atoms with Crippen LogP contribution in [0, 0.1) is 12.8 Å². The van der Waals surface area contributed by atoms with Crippen molar-refractivity contribution in [2.24, 2.45) is 5.92 Å². The monoisotopic (exact) mass is 442 g/mol. The molecule has 0 amide bonds. The minimum Gasteiger partial charge on any atom is -0.481 e. The Bertz CT molecular complexity index is 1140. The van der Waals surface area contributed by atoms with Crippen LogP contribution in [0.3, 0.4) is 0 Å². The number of nitrogens with zero attached hydrogens (tertiary/aromatic N) is 4. The summed E-state index contributed by atoms with van der Waals surface area (Å²) in [6.45, 7) is 2.05. The molecule has 32 heavy (non-hydrogen) atoms. The van der Waals surface area contributed by atoms with Gasteiger partial charge in [-0.1, -0.05) is 29.4 Å². The molecule has 1 aromatic carbocycles. The maximum atomic E-state index is 13.5. The third-order valence-electron chi connectivity index (χ3n) is 6.85. The first kappa shape index (κ1) is 20.8. The van der Waals surface area contributed by atoms with Gasteiger partial charge in [0.2, 0.25) is 11.7 Å². The van der Waals surface area contributed by atoms with Crippen LogP contribution in [0.4, 0.5) is 8.78 Å². The van der Waals surface area contributed by atoms with Crippen molar-refractivity contribution in [2.45, 2.75) is 63.3 Å². The van der Waals surface area contributed by atoms with E-state index in [0.717, 1.165) is 24.0 Å². The molecular formula is C23H24F2N4O3. The van der Waals surface area contributed by atoms with Gasteiger partial charge in [0.15, 0.2) is 0 Å². The smallest absolute Gasteiger partial charge is 0.306 e. The third-order valence-corrected chi connectivity index (χ3v) is 6.85. The number of hydrogen-bond acceptors (Lipinski definition) is 5. The Morgan fingerprint density at radius 3 is 2.56 bits per heavy atom. The number of aliphatic carboxylic acids is 1. The first-order valence-corrected chi connectivity index (χ1v) is 10.9. The van der Waals surface area contributed by atoms with Gasteiger partial charge in [-0.3, -0.25) is 9.48 Å². The molecule has 3 aromatic rings. The standard InChI is InChI=1S/C23H24F2N4O3/c1-13-4-2-3-5-16(13)23(10-11-23)22-26-20(28-32-22)18-12-17(19(24)25)27-29(18)15-8-6-14(7-9-15)21(30)31/h2-5,12,14-15,19H,6-11H2,1H3,(H,30,31). The highest BCUT2D eigenvalue weighted by atomic mass is 19.3. The maximum absolute atomic E-state index is 13.5. The zero-order chi connectivity index (χ0) is 22.5. The minimum atomic E-state index is -2.72. The van der Waals surface area contributed by atoms with Crippen LogP contribution in [0.15, 0.2) is 34.9 Å². The molecule has 2 aliphatic rings. The fourth-order valence-corrected chi connectivity index (χ4v) is 4.89. The third kappa shape index (κ3) is 3.49. The number of carboxylic acid groups (broad SMARTS) is 1. The quantitative estimate of drug-likeness (QED) is 0.572. The van der Waals surface area contributed by atoms with Crippen molar-refractivity contribution >= 4 is 5.97 Å². The van der Waals surface area contributed by atoms with Gasteiger partial charge in [0, 0.05) is 0 Å². The second kappa shape index (κ2) is 7.79. The van der Waals surface area contributed by atoms with Gasteiger partial charge in [-0.25, -0.2) is 8.78 Å². The summed E-state index contributed by atoms with van der Waals surface area (Å²) in [5.74, 6) is -0.492. The number of halogens is 2. The second-order valence-electron chi connectivity index (χ2n) is 8.86. The summed E-state index contributed by atoms with van der Waals surface area (Å²) in [4.78, 5) is 15.9. The molecule has 0 unspecified atom stereocenters. The van der Waals surface area contributed by atoms with Crippen LogP contribution < -0.4 is 0 Å². The lowest BCUT2D eigenvalue weighted by molar-refractivity contribution is -0.143. The molecule has 0 saturated heterocycles. The first-order chi connectivity index (χ1) is 15.4. The lowest BCUT2D eigenvalue weighted by Crippen LogP contribution is -2.24. The Morgan fingerprint density at radius 2 is 1.94 bits per heavy atom. The number of alkyl halides is 2. The van der Waals surface area contributed by atoms with Crippen molar-refractivity contribution < 1.29 is 23.2 Å². The summed E-state index contributed by atoms with van der Waals surface area (Å²) >= 11 is 0. The first-order valence-electron chi connectivity index (χ1n) is 10.9. The van der Waals surface area contributed by atoms with E-state index in [9.17, 15) is 18.7 Å². The van der Waals surface area contributed by atoms with E-state index >= 15 is 0 Å². The van der Waals surface area contributed by atoms with E-state index in [1.807, 2.05) is 25.1 Å². The van der Waals surface area contributed by atoms with E-state index < -0.39 is 18.3 Å². The highest BCUT2D eigenvalue weighted by molar-refractivity contribution is 5.70. The lowest BCUT2D eigenvalue weighted by atomic mass is 9.86. The molecule has 0 bridgehead atoms. The van der Waals surface area contributed by atoms with E-state index in [2.05, 4.69) is 21.3 Å². The number of carbonyl (C=O) groups is 1. The highest BCUT2D eigenvalue weighted by Crippen LogP contribution is 2.54. The van der Waals surface area contributed by atoms with E-state index in [1.165, 1.54) is 6.07 Å². The van der Waals surface area contributed by atoms with Crippen LogP contribution in [0.2, 0.25) is 0 Å². The zero-order valence-electron chi connectivity index (χ0n) is 17.7. The number of aromatic nitrogens is 4. The molecule has 0 spiro atoms. The summed E-state index contributed by atoms with van der Waals surface area (Å²) in [6.07, 6.45) is 1.12. The van der Waals surface area contributed by atoms with Crippen molar-refractivity contribution in [2.75, 3.05) is 0 Å². The summed E-state index contributed by atoms with van der Waals surface area (Å²) in [7, 11) is 0. The maximum Gasteiger partial charge on any atom is 0.306 e. The summed E-state index contributed by atoms with van der Waals surface area (Å²) in [5, 5.41) is 17.5. The summed E-state index contributed by atoms with van der Waals surface area (Å²) in [5.41, 5.74) is 2.00. The molecule has 0 radical (unpaired) electrons. The van der Waals surface area contributed by atoms with Crippen LogP contribution in [0.1, 0.15) is 73.7 Å². The fraction of sp³-hybridized carbons (Fsp3) is 0.478. The van der Waals surface area contributed by atoms with Crippen molar-refractivity contribution in [3.05, 3.63) is 53.0 Å². The predicted octanol–water partition coefficient (Wildman–Crippen LogP) is 5.07. The van der Waals surface area contributed by atoms with Crippen molar-refractivity contribution in [1.29, 1.82) is 0 Å². The van der Waals surface area contributed by atoms with Gasteiger partial charge in [-0.15, -0.1) is 0 Å². The van der Waals surface area contributed by atoms with E-state index in [-0.39, 0.29) is 23.0 Å². The van der Waals surface area contributed by atoms with Crippen LogP contribution in [-0.4, -0.2) is 31.0 Å². The molecule has 168 valence electrons. The molecule has 5 rings (SSSR count). The molecule has 2 fully saturated rings. The number of carboxylic acids is 1. The minimum absolute atomic E-state index is 0.179. The molecule has 0 atom stereocenters. The second-order valence-corrected chi connectivity index (χ2v) is 8.86. The number of benzene rings is 1. The Morgan fingerprint density at radius 1 is 1.22 bits per heavy atom.